The van der Waals surface area contributed by atoms with Crippen LogP contribution in [0.4, 0.5) is 5.82 Å². The zero-order valence-corrected chi connectivity index (χ0v) is 14.4. The van der Waals surface area contributed by atoms with Crippen molar-refractivity contribution >= 4 is 21.6 Å². The molecule has 1 aromatic rings. The van der Waals surface area contributed by atoms with E-state index in [9.17, 15) is 13.2 Å². The van der Waals surface area contributed by atoms with Crippen LogP contribution in [0.3, 0.4) is 0 Å². The van der Waals surface area contributed by atoms with Crippen LogP contribution in [0.25, 0.3) is 0 Å². The summed E-state index contributed by atoms with van der Waals surface area (Å²) in [5.41, 5.74) is 1.86. The van der Waals surface area contributed by atoms with Crippen molar-refractivity contribution in [2.75, 3.05) is 24.2 Å². The number of nitrogens with zero attached hydrogens (tertiary/aromatic N) is 2. The van der Waals surface area contributed by atoms with E-state index >= 15 is 0 Å². The molecule has 1 aromatic heterocycles. The third kappa shape index (κ3) is 3.20. The molecule has 1 saturated carbocycles. The van der Waals surface area contributed by atoms with Crippen molar-refractivity contribution in [3.8, 4) is 0 Å². The van der Waals surface area contributed by atoms with Crippen LogP contribution in [-0.2, 0) is 21.2 Å². The standard InChI is InChI=1S/C16H23N3O3S/c1-12-9-13(10-14(18-12)19-7-3-4-8-19)11-17-15(20)16(5-6-16)23(2,21)22/h9-10H,3-8,11H2,1-2H3,(H,17,20). The van der Waals surface area contributed by atoms with E-state index < -0.39 is 14.6 Å². The highest BCUT2D eigenvalue weighted by Crippen LogP contribution is 2.43. The molecule has 1 amide bonds. The van der Waals surface area contributed by atoms with Gasteiger partial charge in [-0.1, -0.05) is 0 Å². The molecule has 2 fully saturated rings. The summed E-state index contributed by atoms with van der Waals surface area (Å²) in [6.07, 6.45) is 4.34. The number of pyridine rings is 1. The van der Waals surface area contributed by atoms with Crippen LogP contribution >= 0.6 is 0 Å². The quantitative estimate of drug-likeness (QED) is 0.873. The van der Waals surface area contributed by atoms with Gasteiger partial charge in [0.25, 0.3) is 0 Å². The van der Waals surface area contributed by atoms with E-state index in [4.69, 9.17) is 0 Å². The van der Waals surface area contributed by atoms with Gasteiger partial charge in [0.1, 0.15) is 5.82 Å². The van der Waals surface area contributed by atoms with Crippen molar-refractivity contribution in [3.63, 3.8) is 0 Å². The van der Waals surface area contributed by atoms with E-state index in [-0.39, 0.29) is 5.91 Å². The molecule has 1 saturated heterocycles. The molecule has 0 aromatic carbocycles. The van der Waals surface area contributed by atoms with Gasteiger partial charge in [-0.2, -0.15) is 0 Å². The second-order valence-electron chi connectivity index (χ2n) is 6.62. The van der Waals surface area contributed by atoms with E-state index in [0.29, 0.717) is 19.4 Å². The normalized spacial score (nSPS) is 19.7. The number of carbonyl (C=O) groups is 1. The summed E-state index contributed by atoms with van der Waals surface area (Å²) in [6.45, 7) is 4.29. The fourth-order valence-electron chi connectivity index (χ4n) is 3.15. The largest absolute Gasteiger partial charge is 0.357 e. The Labute approximate surface area is 137 Å². The van der Waals surface area contributed by atoms with E-state index in [1.54, 1.807) is 0 Å². The Morgan fingerprint density at radius 2 is 1.96 bits per heavy atom. The number of aromatic nitrogens is 1. The Kier molecular flexibility index (Phi) is 4.08. The molecule has 1 N–H and O–H groups in total. The lowest BCUT2D eigenvalue weighted by atomic mass is 10.2. The maximum atomic E-state index is 12.3. The lowest BCUT2D eigenvalue weighted by Crippen LogP contribution is -2.41. The van der Waals surface area contributed by atoms with Crippen LogP contribution in [-0.4, -0.2) is 43.4 Å². The van der Waals surface area contributed by atoms with Crippen LogP contribution in [0.5, 0.6) is 0 Å². The number of anilines is 1. The van der Waals surface area contributed by atoms with Crippen molar-refractivity contribution in [1.82, 2.24) is 10.3 Å². The molecule has 3 rings (SSSR count). The number of hydrogen-bond donors (Lipinski definition) is 1. The molecule has 0 unspecified atom stereocenters. The number of hydrogen-bond acceptors (Lipinski definition) is 5. The van der Waals surface area contributed by atoms with Crippen LogP contribution < -0.4 is 10.2 Å². The summed E-state index contributed by atoms with van der Waals surface area (Å²) >= 11 is 0. The number of sulfone groups is 1. The summed E-state index contributed by atoms with van der Waals surface area (Å²) in [5, 5.41) is 2.79. The predicted molar refractivity (Wildman–Crippen MR) is 89.1 cm³/mol. The van der Waals surface area contributed by atoms with E-state index in [1.165, 1.54) is 12.8 Å². The minimum atomic E-state index is -3.36. The minimum Gasteiger partial charge on any atom is -0.357 e. The third-order valence-electron chi connectivity index (χ3n) is 4.71. The molecule has 0 bridgehead atoms. The van der Waals surface area contributed by atoms with Crippen molar-refractivity contribution in [1.29, 1.82) is 0 Å². The maximum Gasteiger partial charge on any atom is 0.241 e. The van der Waals surface area contributed by atoms with Gasteiger partial charge in [0, 0.05) is 31.6 Å². The van der Waals surface area contributed by atoms with E-state index in [1.807, 2.05) is 19.1 Å². The van der Waals surface area contributed by atoms with Crippen LogP contribution in [0.2, 0.25) is 0 Å². The molecule has 6 nitrogen and oxygen atoms in total. The first-order chi connectivity index (χ1) is 10.8. The molecular weight excluding hydrogens is 314 g/mol. The van der Waals surface area contributed by atoms with Crippen LogP contribution in [0.1, 0.15) is 36.9 Å². The number of aryl methyl sites for hydroxylation is 1. The van der Waals surface area contributed by atoms with Crippen molar-refractivity contribution in [2.45, 2.75) is 43.9 Å². The highest BCUT2D eigenvalue weighted by atomic mass is 32.2. The van der Waals surface area contributed by atoms with Gasteiger partial charge in [-0.3, -0.25) is 4.79 Å². The minimum absolute atomic E-state index is 0.334. The summed E-state index contributed by atoms with van der Waals surface area (Å²) in [7, 11) is -3.36. The first kappa shape index (κ1) is 16.2. The molecule has 0 atom stereocenters. The number of rotatable bonds is 5. The molecule has 1 aliphatic heterocycles. The second-order valence-corrected chi connectivity index (χ2v) is 8.94. The lowest BCUT2D eigenvalue weighted by Gasteiger charge is -2.18. The lowest BCUT2D eigenvalue weighted by molar-refractivity contribution is -0.121. The summed E-state index contributed by atoms with van der Waals surface area (Å²) in [5.74, 6) is 0.563. The van der Waals surface area contributed by atoms with Crippen molar-refractivity contribution < 1.29 is 13.2 Å². The molecule has 0 spiro atoms. The number of amides is 1. The first-order valence-corrected chi connectivity index (χ1v) is 9.91. The third-order valence-corrected chi connectivity index (χ3v) is 6.72. The van der Waals surface area contributed by atoms with Gasteiger partial charge in [-0.15, -0.1) is 0 Å². The van der Waals surface area contributed by atoms with Gasteiger partial charge < -0.3 is 10.2 Å². The second kappa shape index (κ2) is 5.78. The zero-order chi connectivity index (χ0) is 16.7. The summed E-state index contributed by atoms with van der Waals surface area (Å²) in [4.78, 5) is 19.1. The van der Waals surface area contributed by atoms with Crippen molar-refractivity contribution in [2.24, 2.45) is 0 Å². The molecule has 1 aliphatic carbocycles. The van der Waals surface area contributed by atoms with Crippen LogP contribution in [0.15, 0.2) is 12.1 Å². The molecule has 2 heterocycles. The maximum absolute atomic E-state index is 12.3. The van der Waals surface area contributed by atoms with Gasteiger partial charge >= 0.3 is 0 Å². The molecule has 2 aliphatic rings. The molecular formula is C16H23N3O3S. The Morgan fingerprint density at radius 1 is 1.30 bits per heavy atom. The predicted octanol–water partition coefficient (Wildman–Crippen LogP) is 1.18. The summed E-state index contributed by atoms with van der Waals surface area (Å²) < 4.78 is 22.4. The summed E-state index contributed by atoms with van der Waals surface area (Å²) in [6, 6.07) is 3.92. The van der Waals surface area contributed by atoms with Crippen molar-refractivity contribution in [3.05, 3.63) is 23.4 Å². The highest BCUT2D eigenvalue weighted by molar-refractivity contribution is 7.93. The topological polar surface area (TPSA) is 79.4 Å². The number of nitrogens with one attached hydrogen (secondary N) is 1. The van der Waals surface area contributed by atoms with Gasteiger partial charge in [0.2, 0.25) is 5.91 Å². The smallest absolute Gasteiger partial charge is 0.241 e. The van der Waals surface area contributed by atoms with Gasteiger partial charge in [0.05, 0.1) is 0 Å². The highest BCUT2D eigenvalue weighted by Gasteiger charge is 2.58. The fourth-order valence-corrected chi connectivity index (χ4v) is 4.41. The average Bonchev–Trinajstić information content (AvgIpc) is 3.13. The Morgan fingerprint density at radius 3 is 2.52 bits per heavy atom. The van der Waals surface area contributed by atoms with Gasteiger partial charge in [-0.25, -0.2) is 13.4 Å². The molecule has 7 heteroatoms. The average molecular weight is 337 g/mol. The zero-order valence-electron chi connectivity index (χ0n) is 13.6. The first-order valence-electron chi connectivity index (χ1n) is 8.02. The Hall–Kier alpha value is -1.63. The Balaban J connectivity index is 1.70. The van der Waals surface area contributed by atoms with Crippen LogP contribution in [0, 0.1) is 6.92 Å². The SMILES string of the molecule is Cc1cc(CNC(=O)C2(S(C)(=O)=O)CC2)cc(N2CCCC2)n1. The number of carbonyl (C=O) groups excluding carboxylic acids is 1. The molecule has 126 valence electrons. The molecule has 0 radical (unpaired) electrons. The van der Waals surface area contributed by atoms with E-state index in [2.05, 4.69) is 15.2 Å². The van der Waals surface area contributed by atoms with E-state index in [0.717, 1.165) is 36.4 Å². The van der Waals surface area contributed by atoms with Gasteiger partial charge in [-0.05, 0) is 50.3 Å². The Bertz CT molecular complexity index is 720. The molecule has 23 heavy (non-hydrogen) atoms. The fraction of sp³-hybridized carbons (Fsp3) is 0.625. The van der Waals surface area contributed by atoms with Gasteiger partial charge in [0.15, 0.2) is 14.6 Å². The monoisotopic (exact) mass is 337 g/mol.